The summed E-state index contributed by atoms with van der Waals surface area (Å²) in [7, 11) is 0. The number of amides is 1. The number of nitrogens with zero attached hydrogens (tertiary/aromatic N) is 1. The molecule has 2 aliphatic heterocycles. The number of carboxylic acid groups (broad SMARTS) is 1. The van der Waals surface area contributed by atoms with Crippen LogP contribution >= 0.6 is 0 Å². The van der Waals surface area contributed by atoms with Crippen molar-refractivity contribution in [1.82, 2.24) is 10.2 Å². The van der Waals surface area contributed by atoms with E-state index in [1.54, 1.807) is 4.90 Å². The number of likely N-dealkylation sites (tertiary alicyclic amines) is 1. The van der Waals surface area contributed by atoms with Crippen LogP contribution in [0, 0.1) is 11.8 Å². The summed E-state index contributed by atoms with van der Waals surface area (Å²) in [5.74, 6) is -1.38. The number of rotatable bonds is 4. The molecular formula is C12H20N2O4. The highest BCUT2D eigenvalue weighted by Gasteiger charge is 2.38. The van der Waals surface area contributed by atoms with Crippen molar-refractivity contribution in [3.05, 3.63) is 0 Å². The Labute approximate surface area is 106 Å². The van der Waals surface area contributed by atoms with Gasteiger partial charge in [-0.05, 0) is 12.8 Å². The molecule has 0 aromatic heterocycles. The fourth-order valence-electron chi connectivity index (χ4n) is 2.40. The summed E-state index contributed by atoms with van der Waals surface area (Å²) in [6.07, 6.45) is 0. The molecule has 2 heterocycles. The Hall–Kier alpha value is -1.14. The van der Waals surface area contributed by atoms with Gasteiger partial charge in [0.1, 0.15) is 6.61 Å². The highest BCUT2D eigenvalue weighted by atomic mass is 16.5. The molecule has 0 radical (unpaired) electrons. The smallest absolute Gasteiger partial charge is 0.308 e. The van der Waals surface area contributed by atoms with E-state index in [2.05, 4.69) is 5.32 Å². The molecule has 2 rings (SSSR count). The second-order valence-corrected chi connectivity index (χ2v) is 5.56. The van der Waals surface area contributed by atoms with Gasteiger partial charge >= 0.3 is 5.97 Å². The Kier molecular flexibility index (Phi) is 3.59. The Morgan fingerprint density at radius 2 is 2.11 bits per heavy atom. The van der Waals surface area contributed by atoms with E-state index < -0.39 is 11.9 Å². The van der Waals surface area contributed by atoms with Crippen LogP contribution in [0.3, 0.4) is 0 Å². The zero-order valence-electron chi connectivity index (χ0n) is 10.8. The second-order valence-electron chi connectivity index (χ2n) is 5.56. The molecule has 0 spiro atoms. The number of carbonyl (C=O) groups is 2. The van der Waals surface area contributed by atoms with Crippen LogP contribution in [0.4, 0.5) is 0 Å². The molecule has 0 aromatic carbocycles. The average molecular weight is 256 g/mol. The molecule has 2 unspecified atom stereocenters. The molecule has 2 fully saturated rings. The molecule has 18 heavy (non-hydrogen) atoms. The first-order valence-corrected chi connectivity index (χ1v) is 6.26. The Morgan fingerprint density at radius 1 is 1.44 bits per heavy atom. The average Bonchev–Trinajstić information content (AvgIpc) is 2.65. The number of carboxylic acids is 1. The normalized spacial score (nSPS) is 30.0. The van der Waals surface area contributed by atoms with Gasteiger partial charge < -0.3 is 20.1 Å². The largest absolute Gasteiger partial charge is 0.481 e. The quantitative estimate of drug-likeness (QED) is 0.712. The summed E-state index contributed by atoms with van der Waals surface area (Å²) in [4.78, 5) is 24.5. The van der Waals surface area contributed by atoms with Crippen LogP contribution in [0.1, 0.15) is 13.8 Å². The van der Waals surface area contributed by atoms with Gasteiger partial charge in [-0.3, -0.25) is 9.59 Å². The number of aliphatic carboxylic acids is 1. The van der Waals surface area contributed by atoms with Crippen molar-refractivity contribution in [2.24, 2.45) is 11.8 Å². The van der Waals surface area contributed by atoms with Crippen LogP contribution in [0.2, 0.25) is 0 Å². The van der Waals surface area contributed by atoms with Crippen LogP contribution in [-0.2, 0) is 14.3 Å². The monoisotopic (exact) mass is 256 g/mol. The standard InChI is InChI=1S/C12H20N2O4/c1-8-3-14(4-9(8)11(16)17)10(15)5-18-12(2)6-13-7-12/h8-9,13H,3-7H2,1-2H3,(H,16,17). The lowest BCUT2D eigenvalue weighted by Gasteiger charge is -2.39. The molecule has 2 N–H and O–H groups in total. The van der Waals surface area contributed by atoms with E-state index in [1.165, 1.54) is 0 Å². The van der Waals surface area contributed by atoms with Crippen LogP contribution in [0.5, 0.6) is 0 Å². The molecule has 1 amide bonds. The number of ether oxygens (including phenoxy) is 1. The molecule has 2 saturated heterocycles. The van der Waals surface area contributed by atoms with Gasteiger partial charge in [0, 0.05) is 26.2 Å². The molecule has 0 aromatic rings. The van der Waals surface area contributed by atoms with Gasteiger partial charge in [-0.1, -0.05) is 6.92 Å². The molecule has 0 bridgehead atoms. The van der Waals surface area contributed by atoms with Crippen LogP contribution in [-0.4, -0.2) is 60.3 Å². The molecule has 0 saturated carbocycles. The summed E-state index contributed by atoms with van der Waals surface area (Å²) < 4.78 is 5.57. The van der Waals surface area contributed by atoms with Crippen LogP contribution in [0.15, 0.2) is 0 Å². The van der Waals surface area contributed by atoms with Gasteiger partial charge in [-0.15, -0.1) is 0 Å². The van der Waals surface area contributed by atoms with Gasteiger partial charge in [-0.2, -0.15) is 0 Å². The molecule has 6 heteroatoms. The third kappa shape index (κ3) is 2.64. The molecule has 6 nitrogen and oxygen atoms in total. The first-order valence-electron chi connectivity index (χ1n) is 6.26. The lowest BCUT2D eigenvalue weighted by Crippen LogP contribution is -2.59. The predicted octanol–water partition coefficient (Wildman–Crippen LogP) is -0.456. The SMILES string of the molecule is CC1CN(C(=O)COC2(C)CNC2)CC1C(=O)O. The van der Waals surface area contributed by atoms with E-state index in [-0.39, 0.29) is 24.0 Å². The third-order valence-corrected chi connectivity index (χ3v) is 3.82. The van der Waals surface area contributed by atoms with Gasteiger partial charge in [0.05, 0.1) is 11.5 Å². The van der Waals surface area contributed by atoms with Crippen molar-refractivity contribution < 1.29 is 19.4 Å². The number of carbonyl (C=O) groups excluding carboxylic acids is 1. The number of hydrogen-bond donors (Lipinski definition) is 2. The van der Waals surface area contributed by atoms with E-state index in [4.69, 9.17) is 9.84 Å². The second kappa shape index (κ2) is 4.85. The van der Waals surface area contributed by atoms with Gasteiger partial charge in [0.2, 0.25) is 5.91 Å². The van der Waals surface area contributed by atoms with Crippen molar-refractivity contribution in [3.8, 4) is 0 Å². The van der Waals surface area contributed by atoms with Gasteiger partial charge in [-0.25, -0.2) is 0 Å². The highest BCUT2D eigenvalue weighted by molar-refractivity contribution is 5.80. The fourth-order valence-corrected chi connectivity index (χ4v) is 2.40. The Morgan fingerprint density at radius 3 is 2.56 bits per heavy atom. The first kappa shape index (κ1) is 13.3. The summed E-state index contributed by atoms with van der Waals surface area (Å²) in [5, 5.41) is 12.1. The summed E-state index contributed by atoms with van der Waals surface area (Å²) in [5.41, 5.74) is -0.243. The van der Waals surface area contributed by atoms with E-state index in [0.29, 0.717) is 13.1 Å². The van der Waals surface area contributed by atoms with Crippen molar-refractivity contribution in [2.75, 3.05) is 32.8 Å². The molecule has 2 aliphatic rings. The zero-order chi connectivity index (χ0) is 13.3. The summed E-state index contributed by atoms with van der Waals surface area (Å²) in [6, 6.07) is 0. The van der Waals surface area contributed by atoms with Crippen molar-refractivity contribution in [1.29, 1.82) is 0 Å². The molecular weight excluding hydrogens is 236 g/mol. The number of nitrogens with one attached hydrogen (secondary N) is 1. The minimum atomic E-state index is -0.825. The Bertz CT molecular complexity index is 354. The van der Waals surface area contributed by atoms with Crippen LogP contribution < -0.4 is 5.32 Å². The lowest BCUT2D eigenvalue weighted by molar-refractivity contribution is -0.146. The van der Waals surface area contributed by atoms with Crippen molar-refractivity contribution in [3.63, 3.8) is 0 Å². The third-order valence-electron chi connectivity index (χ3n) is 3.82. The zero-order valence-corrected chi connectivity index (χ0v) is 10.8. The molecule has 0 aliphatic carbocycles. The fraction of sp³-hybridized carbons (Fsp3) is 0.833. The first-order chi connectivity index (χ1) is 8.41. The van der Waals surface area contributed by atoms with E-state index >= 15 is 0 Å². The highest BCUT2D eigenvalue weighted by Crippen LogP contribution is 2.23. The van der Waals surface area contributed by atoms with E-state index in [0.717, 1.165) is 13.1 Å². The van der Waals surface area contributed by atoms with Gasteiger partial charge in [0.15, 0.2) is 0 Å². The minimum Gasteiger partial charge on any atom is -0.481 e. The maximum Gasteiger partial charge on any atom is 0.308 e. The molecule has 102 valence electrons. The van der Waals surface area contributed by atoms with E-state index in [9.17, 15) is 9.59 Å². The maximum atomic E-state index is 11.9. The summed E-state index contributed by atoms with van der Waals surface area (Å²) >= 11 is 0. The topological polar surface area (TPSA) is 78.9 Å². The maximum absolute atomic E-state index is 11.9. The van der Waals surface area contributed by atoms with Crippen molar-refractivity contribution in [2.45, 2.75) is 19.4 Å². The Balaban J connectivity index is 1.81. The summed E-state index contributed by atoms with van der Waals surface area (Å²) in [6.45, 7) is 6.19. The minimum absolute atomic E-state index is 0.00686. The van der Waals surface area contributed by atoms with Gasteiger partial charge in [0.25, 0.3) is 0 Å². The van der Waals surface area contributed by atoms with Crippen molar-refractivity contribution >= 4 is 11.9 Å². The number of hydrogen-bond acceptors (Lipinski definition) is 4. The van der Waals surface area contributed by atoms with E-state index in [1.807, 2.05) is 13.8 Å². The lowest BCUT2D eigenvalue weighted by atomic mass is 9.99. The van der Waals surface area contributed by atoms with Crippen LogP contribution in [0.25, 0.3) is 0 Å². The predicted molar refractivity (Wildman–Crippen MR) is 64.1 cm³/mol. The molecule has 2 atom stereocenters.